The lowest BCUT2D eigenvalue weighted by Crippen LogP contribution is -2.30. The summed E-state index contributed by atoms with van der Waals surface area (Å²) < 4.78 is 0. The molecule has 0 saturated carbocycles. The summed E-state index contributed by atoms with van der Waals surface area (Å²) >= 11 is 4.36. The van der Waals surface area contributed by atoms with Crippen LogP contribution in [-0.4, -0.2) is 11.3 Å². The molecule has 2 nitrogen and oxygen atoms in total. The van der Waals surface area contributed by atoms with Gasteiger partial charge in [0.05, 0.1) is 11.2 Å². The van der Waals surface area contributed by atoms with Crippen molar-refractivity contribution >= 4 is 18.3 Å². The summed E-state index contributed by atoms with van der Waals surface area (Å²) in [4.78, 5) is 5.21. The highest BCUT2D eigenvalue weighted by Gasteiger charge is 2.12. The molecule has 0 amide bonds. The van der Waals surface area contributed by atoms with E-state index < -0.39 is 5.54 Å². The SMILES string of the molecule is CC(C)=NC1=C(S)C=CC(C)(N)C=C1. The molecule has 1 aliphatic rings. The second-order valence-corrected chi connectivity index (χ2v) is 4.34. The standard InChI is InChI=1S/C11H16N2S/c1-8(2)13-9-4-6-11(3,12)7-5-10(9)14/h4-7,14H,12H2,1-3H3. The van der Waals surface area contributed by atoms with Crippen LogP contribution in [0.5, 0.6) is 0 Å². The molecule has 14 heavy (non-hydrogen) atoms. The Morgan fingerprint density at radius 2 is 1.93 bits per heavy atom. The number of aliphatic imine (C=N–C) groups is 1. The van der Waals surface area contributed by atoms with Crippen LogP contribution >= 0.6 is 12.6 Å². The van der Waals surface area contributed by atoms with Crippen LogP contribution in [0, 0.1) is 0 Å². The lowest BCUT2D eigenvalue weighted by atomic mass is 10.0. The molecule has 0 spiro atoms. The van der Waals surface area contributed by atoms with Gasteiger partial charge in [0.2, 0.25) is 0 Å². The monoisotopic (exact) mass is 208 g/mol. The van der Waals surface area contributed by atoms with Crippen LogP contribution in [0.25, 0.3) is 0 Å². The summed E-state index contributed by atoms with van der Waals surface area (Å²) in [5, 5.41) is 0. The van der Waals surface area contributed by atoms with Crippen molar-refractivity contribution in [2.75, 3.05) is 0 Å². The Bertz CT molecular complexity index is 342. The van der Waals surface area contributed by atoms with Crippen LogP contribution in [-0.2, 0) is 0 Å². The van der Waals surface area contributed by atoms with Crippen LogP contribution in [0.1, 0.15) is 20.8 Å². The van der Waals surface area contributed by atoms with E-state index in [0.29, 0.717) is 0 Å². The molecule has 2 N–H and O–H groups in total. The van der Waals surface area contributed by atoms with Gasteiger partial charge in [0.15, 0.2) is 0 Å². The maximum Gasteiger partial charge on any atom is 0.0759 e. The average molecular weight is 208 g/mol. The minimum absolute atomic E-state index is 0.410. The molecule has 76 valence electrons. The lowest BCUT2D eigenvalue weighted by Gasteiger charge is -2.12. The molecule has 0 bridgehead atoms. The number of nitrogens with zero attached hydrogens (tertiary/aromatic N) is 1. The Morgan fingerprint density at radius 3 is 2.50 bits per heavy atom. The van der Waals surface area contributed by atoms with Crippen molar-refractivity contribution in [2.45, 2.75) is 26.3 Å². The third kappa shape index (κ3) is 3.16. The predicted octanol–water partition coefficient (Wildman–Crippen LogP) is 2.45. The zero-order valence-electron chi connectivity index (χ0n) is 8.78. The van der Waals surface area contributed by atoms with Crippen LogP contribution in [0.2, 0.25) is 0 Å². The maximum absolute atomic E-state index is 5.95. The van der Waals surface area contributed by atoms with Gasteiger partial charge in [0, 0.05) is 10.6 Å². The van der Waals surface area contributed by atoms with Crippen molar-refractivity contribution in [1.29, 1.82) is 0 Å². The van der Waals surface area contributed by atoms with Gasteiger partial charge in [-0.3, -0.25) is 4.99 Å². The van der Waals surface area contributed by atoms with Gasteiger partial charge in [0.1, 0.15) is 0 Å². The molecule has 0 fully saturated rings. The maximum atomic E-state index is 5.95. The van der Waals surface area contributed by atoms with Gasteiger partial charge >= 0.3 is 0 Å². The first-order chi connectivity index (χ1) is 6.41. The van der Waals surface area contributed by atoms with Crippen LogP contribution in [0.3, 0.4) is 0 Å². The van der Waals surface area contributed by atoms with E-state index in [1.165, 1.54) is 0 Å². The molecule has 1 rings (SSSR count). The van der Waals surface area contributed by atoms with E-state index >= 15 is 0 Å². The van der Waals surface area contributed by atoms with E-state index in [0.717, 1.165) is 16.3 Å². The molecule has 0 aliphatic heterocycles. The smallest absolute Gasteiger partial charge is 0.0759 e. The van der Waals surface area contributed by atoms with Crippen molar-refractivity contribution in [3.63, 3.8) is 0 Å². The first kappa shape index (κ1) is 11.3. The van der Waals surface area contributed by atoms with E-state index in [1.54, 1.807) is 0 Å². The fourth-order valence-electron chi connectivity index (χ4n) is 1.08. The molecule has 0 heterocycles. The fraction of sp³-hybridized carbons (Fsp3) is 0.364. The van der Waals surface area contributed by atoms with Crippen LogP contribution in [0.4, 0.5) is 0 Å². The zero-order valence-corrected chi connectivity index (χ0v) is 9.68. The van der Waals surface area contributed by atoms with E-state index in [4.69, 9.17) is 5.73 Å². The Labute approximate surface area is 90.7 Å². The van der Waals surface area contributed by atoms with Crippen molar-refractivity contribution < 1.29 is 0 Å². The molecule has 1 unspecified atom stereocenters. The summed E-state index contributed by atoms with van der Waals surface area (Å²) in [6.07, 6.45) is 7.65. The lowest BCUT2D eigenvalue weighted by molar-refractivity contribution is 0.736. The summed E-state index contributed by atoms with van der Waals surface area (Å²) in [5.41, 5.74) is 7.41. The van der Waals surface area contributed by atoms with Crippen molar-refractivity contribution in [3.05, 3.63) is 34.9 Å². The van der Waals surface area contributed by atoms with Gasteiger partial charge < -0.3 is 5.73 Å². The summed E-state index contributed by atoms with van der Waals surface area (Å²) in [7, 11) is 0. The first-order valence-corrected chi connectivity index (χ1v) is 4.98. The quantitative estimate of drug-likeness (QED) is 0.504. The van der Waals surface area contributed by atoms with Gasteiger partial charge in [-0.15, -0.1) is 12.6 Å². The summed E-state index contributed by atoms with van der Waals surface area (Å²) in [5.74, 6) is 0. The van der Waals surface area contributed by atoms with Gasteiger partial charge in [-0.25, -0.2) is 0 Å². The largest absolute Gasteiger partial charge is 0.319 e. The van der Waals surface area contributed by atoms with E-state index in [-0.39, 0.29) is 0 Å². The molecule has 0 radical (unpaired) electrons. The van der Waals surface area contributed by atoms with Gasteiger partial charge in [0.25, 0.3) is 0 Å². The zero-order chi connectivity index (χ0) is 10.8. The fourth-order valence-corrected chi connectivity index (χ4v) is 1.28. The minimum Gasteiger partial charge on any atom is -0.319 e. The normalized spacial score (nSPS) is 26.4. The molecular formula is C11H16N2S. The Morgan fingerprint density at radius 1 is 1.36 bits per heavy atom. The third-order valence-electron chi connectivity index (χ3n) is 1.81. The summed E-state index contributed by atoms with van der Waals surface area (Å²) in [6, 6.07) is 0. The second-order valence-electron chi connectivity index (χ2n) is 3.86. The highest BCUT2D eigenvalue weighted by atomic mass is 32.1. The van der Waals surface area contributed by atoms with Crippen LogP contribution < -0.4 is 5.73 Å². The number of thiol groups is 1. The van der Waals surface area contributed by atoms with Gasteiger partial charge in [-0.2, -0.15) is 0 Å². The van der Waals surface area contributed by atoms with E-state index in [1.807, 2.05) is 45.1 Å². The highest BCUT2D eigenvalue weighted by Crippen LogP contribution is 2.20. The molecule has 0 aromatic carbocycles. The molecule has 0 aromatic rings. The average Bonchev–Trinajstić information content (AvgIpc) is 2.17. The molecule has 0 aromatic heterocycles. The van der Waals surface area contributed by atoms with E-state index in [2.05, 4.69) is 17.6 Å². The number of rotatable bonds is 1. The minimum atomic E-state index is -0.410. The Balaban J connectivity index is 3.08. The van der Waals surface area contributed by atoms with Crippen molar-refractivity contribution in [3.8, 4) is 0 Å². The van der Waals surface area contributed by atoms with Gasteiger partial charge in [-0.1, -0.05) is 12.2 Å². The van der Waals surface area contributed by atoms with Crippen molar-refractivity contribution in [1.82, 2.24) is 0 Å². The molecular weight excluding hydrogens is 192 g/mol. The molecule has 1 atom stereocenters. The number of hydrogen-bond acceptors (Lipinski definition) is 3. The number of nitrogens with two attached hydrogens (primary N) is 1. The molecule has 0 saturated heterocycles. The Hall–Kier alpha value is -0.800. The van der Waals surface area contributed by atoms with Gasteiger partial charge in [-0.05, 0) is 32.9 Å². The first-order valence-electron chi connectivity index (χ1n) is 4.53. The predicted molar refractivity (Wildman–Crippen MR) is 65.7 cm³/mol. The number of hydrogen-bond donors (Lipinski definition) is 2. The highest BCUT2D eigenvalue weighted by molar-refractivity contribution is 7.84. The molecule has 1 aliphatic carbocycles. The van der Waals surface area contributed by atoms with Crippen LogP contribution in [0.15, 0.2) is 39.9 Å². The topological polar surface area (TPSA) is 38.4 Å². The number of allylic oxidation sites excluding steroid dienone is 2. The third-order valence-corrected chi connectivity index (χ3v) is 2.19. The summed E-state index contributed by atoms with van der Waals surface area (Å²) in [6.45, 7) is 5.85. The van der Waals surface area contributed by atoms with Crippen molar-refractivity contribution in [2.24, 2.45) is 10.7 Å². The Kier molecular flexibility index (Phi) is 3.34. The molecule has 3 heteroatoms. The second kappa shape index (κ2) is 4.15. The van der Waals surface area contributed by atoms with E-state index in [9.17, 15) is 0 Å².